The molecule has 0 unspecified atom stereocenters. The van der Waals surface area contributed by atoms with E-state index in [2.05, 4.69) is 10.1 Å². The smallest absolute Gasteiger partial charge is 0.350 e. The summed E-state index contributed by atoms with van der Waals surface area (Å²) in [6.07, 6.45) is 0.0190. The molecule has 0 saturated carbocycles. The minimum absolute atomic E-state index is 0.00866. The normalized spacial score (nSPS) is 9.95. The molecule has 20 heavy (non-hydrogen) atoms. The van der Waals surface area contributed by atoms with Gasteiger partial charge in [-0.1, -0.05) is 0 Å². The Bertz CT molecular complexity index is 509. The van der Waals surface area contributed by atoms with Gasteiger partial charge in [0.25, 0.3) is 0 Å². The molecule has 1 rings (SSSR count). The lowest BCUT2D eigenvalue weighted by atomic mass is 10.2. The van der Waals surface area contributed by atoms with Crippen LogP contribution in [0.3, 0.4) is 0 Å². The van der Waals surface area contributed by atoms with Crippen molar-refractivity contribution in [2.75, 3.05) is 19.0 Å². The maximum absolute atomic E-state index is 11.8. The van der Waals surface area contributed by atoms with Crippen LogP contribution in [0.1, 0.15) is 35.0 Å². The highest BCUT2D eigenvalue weighted by Gasteiger charge is 2.18. The van der Waals surface area contributed by atoms with E-state index in [1.54, 1.807) is 19.2 Å². The summed E-state index contributed by atoms with van der Waals surface area (Å²) in [4.78, 5) is 34.8. The molecule has 0 radical (unpaired) electrons. The van der Waals surface area contributed by atoms with Crippen LogP contribution in [0.5, 0.6) is 0 Å². The van der Waals surface area contributed by atoms with Crippen LogP contribution < -0.4 is 5.32 Å². The van der Waals surface area contributed by atoms with Crippen LogP contribution in [0.15, 0.2) is 5.38 Å². The van der Waals surface area contributed by atoms with Gasteiger partial charge in [0.15, 0.2) is 0 Å². The Hall–Kier alpha value is -1.89. The quantitative estimate of drug-likeness (QED) is 0.814. The number of carbonyl (C=O) groups is 3. The average molecular weight is 299 g/mol. The van der Waals surface area contributed by atoms with E-state index in [9.17, 15) is 14.4 Å². The SMILES string of the molecule is CCOC(=O)CCC(=O)Nc1c(C)csc1C(=O)OC. The molecule has 1 aromatic heterocycles. The van der Waals surface area contributed by atoms with Crippen molar-refractivity contribution in [1.29, 1.82) is 0 Å². The number of ether oxygens (including phenoxy) is 2. The second-order valence-electron chi connectivity index (χ2n) is 3.97. The zero-order chi connectivity index (χ0) is 15.1. The fourth-order valence-corrected chi connectivity index (χ4v) is 2.42. The van der Waals surface area contributed by atoms with E-state index in [4.69, 9.17) is 4.74 Å². The molecule has 0 saturated heterocycles. The summed E-state index contributed by atoms with van der Waals surface area (Å²) in [5, 5.41) is 4.39. The van der Waals surface area contributed by atoms with Gasteiger partial charge in [-0.25, -0.2) is 4.79 Å². The second-order valence-corrected chi connectivity index (χ2v) is 4.85. The molecule has 0 fully saturated rings. The van der Waals surface area contributed by atoms with Crippen LogP contribution in [0.25, 0.3) is 0 Å². The van der Waals surface area contributed by atoms with Gasteiger partial charge in [-0.2, -0.15) is 0 Å². The number of aryl methyl sites for hydroxylation is 1. The molecular formula is C13H17NO5S. The van der Waals surface area contributed by atoms with Crippen molar-refractivity contribution in [2.24, 2.45) is 0 Å². The summed E-state index contributed by atoms with van der Waals surface area (Å²) in [5.74, 6) is -1.26. The number of carbonyl (C=O) groups excluding carboxylic acids is 3. The number of thiophene rings is 1. The van der Waals surface area contributed by atoms with Crippen molar-refractivity contribution in [3.63, 3.8) is 0 Å². The third kappa shape index (κ3) is 4.34. The fourth-order valence-electron chi connectivity index (χ4n) is 1.49. The monoisotopic (exact) mass is 299 g/mol. The number of amides is 1. The summed E-state index contributed by atoms with van der Waals surface area (Å²) in [7, 11) is 1.28. The summed E-state index contributed by atoms with van der Waals surface area (Å²) in [5.41, 5.74) is 1.22. The third-order valence-electron chi connectivity index (χ3n) is 2.47. The average Bonchev–Trinajstić information content (AvgIpc) is 2.77. The lowest BCUT2D eigenvalue weighted by molar-refractivity contribution is -0.144. The van der Waals surface area contributed by atoms with E-state index in [0.29, 0.717) is 10.6 Å². The van der Waals surface area contributed by atoms with Crippen molar-refractivity contribution in [3.8, 4) is 0 Å². The van der Waals surface area contributed by atoms with Crippen molar-refractivity contribution < 1.29 is 23.9 Å². The van der Waals surface area contributed by atoms with Crippen molar-refractivity contribution >= 4 is 34.9 Å². The van der Waals surface area contributed by atoms with Crippen LogP contribution in [-0.2, 0) is 19.1 Å². The summed E-state index contributed by atoms with van der Waals surface area (Å²) in [6, 6.07) is 0. The van der Waals surface area contributed by atoms with Gasteiger partial charge in [-0.3, -0.25) is 9.59 Å². The standard InChI is InChI=1S/C13H17NO5S/c1-4-19-10(16)6-5-9(15)14-11-8(2)7-20-12(11)13(17)18-3/h7H,4-6H2,1-3H3,(H,14,15). The Kier molecular flexibility index (Phi) is 6.17. The summed E-state index contributed by atoms with van der Waals surface area (Å²) < 4.78 is 9.39. The molecule has 1 amide bonds. The molecule has 0 aliphatic rings. The highest BCUT2D eigenvalue weighted by atomic mass is 32.1. The van der Waals surface area contributed by atoms with Gasteiger partial charge in [0, 0.05) is 6.42 Å². The topological polar surface area (TPSA) is 81.7 Å². The Morgan fingerprint density at radius 2 is 2.00 bits per heavy atom. The largest absolute Gasteiger partial charge is 0.466 e. The van der Waals surface area contributed by atoms with E-state index in [1.807, 2.05) is 0 Å². The van der Waals surface area contributed by atoms with E-state index < -0.39 is 11.9 Å². The first-order valence-electron chi connectivity index (χ1n) is 6.11. The number of anilines is 1. The van der Waals surface area contributed by atoms with Gasteiger partial charge in [-0.15, -0.1) is 11.3 Å². The number of nitrogens with one attached hydrogen (secondary N) is 1. The number of methoxy groups -OCH3 is 1. The molecular weight excluding hydrogens is 282 g/mol. The van der Waals surface area contributed by atoms with Gasteiger partial charge in [-0.05, 0) is 24.8 Å². The lowest BCUT2D eigenvalue weighted by Gasteiger charge is -2.07. The summed E-state index contributed by atoms with van der Waals surface area (Å²) in [6.45, 7) is 3.77. The van der Waals surface area contributed by atoms with Crippen LogP contribution >= 0.6 is 11.3 Å². The van der Waals surface area contributed by atoms with E-state index in [-0.39, 0.29) is 25.4 Å². The molecule has 1 heterocycles. The zero-order valence-corrected chi connectivity index (χ0v) is 12.5. The van der Waals surface area contributed by atoms with E-state index >= 15 is 0 Å². The molecule has 1 N–H and O–H groups in total. The van der Waals surface area contributed by atoms with E-state index in [1.165, 1.54) is 18.4 Å². The van der Waals surface area contributed by atoms with Gasteiger partial charge in [0.2, 0.25) is 5.91 Å². The third-order valence-corrected chi connectivity index (χ3v) is 3.55. The van der Waals surface area contributed by atoms with Gasteiger partial charge in [0.05, 0.1) is 25.8 Å². The Morgan fingerprint density at radius 3 is 2.60 bits per heavy atom. The first kappa shape index (κ1) is 16.2. The molecule has 0 aromatic carbocycles. The lowest BCUT2D eigenvalue weighted by Crippen LogP contribution is -2.16. The first-order valence-corrected chi connectivity index (χ1v) is 6.99. The molecule has 0 bridgehead atoms. The molecule has 7 heteroatoms. The minimum Gasteiger partial charge on any atom is -0.466 e. The molecule has 0 aliphatic carbocycles. The predicted octanol–water partition coefficient (Wildman–Crippen LogP) is 2.12. The zero-order valence-electron chi connectivity index (χ0n) is 11.6. The van der Waals surface area contributed by atoms with Crippen LogP contribution in [-0.4, -0.2) is 31.6 Å². The van der Waals surface area contributed by atoms with Crippen molar-refractivity contribution in [3.05, 3.63) is 15.8 Å². The van der Waals surface area contributed by atoms with Gasteiger partial charge >= 0.3 is 11.9 Å². The van der Waals surface area contributed by atoms with Gasteiger partial charge in [0.1, 0.15) is 4.88 Å². The molecule has 0 spiro atoms. The highest BCUT2D eigenvalue weighted by Crippen LogP contribution is 2.28. The molecule has 110 valence electrons. The number of esters is 2. The number of hydrogen-bond acceptors (Lipinski definition) is 6. The fraction of sp³-hybridized carbons (Fsp3) is 0.462. The molecule has 1 aromatic rings. The predicted molar refractivity (Wildman–Crippen MR) is 74.9 cm³/mol. The second kappa shape index (κ2) is 7.64. The Balaban J connectivity index is 2.64. The van der Waals surface area contributed by atoms with Crippen molar-refractivity contribution in [1.82, 2.24) is 0 Å². The number of hydrogen-bond donors (Lipinski definition) is 1. The maximum Gasteiger partial charge on any atom is 0.350 e. The van der Waals surface area contributed by atoms with E-state index in [0.717, 1.165) is 5.56 Å². The maximum atomic E-state index is 11.8. The molecule has 0 atom stereocenters. The number of rotatable bonds is 6. The van der Waals surface area contributed by atoms with Gasteiger partial charge < -0.3 is 14.8 Å². The molecule has 0 aliphatic heterocycles. The Labute approximate surface area is 121 Å². The van der Waals surface area contributed by atoms with Crippen LogP contribution in [0, 0.1) is 6.92 Å². The summed E-state index contributed by atoms with van der Waals surface area (Å²) >= 11 is 1.20. The van der Waals surface area contributed by atoms with Crippen LogP contribution in [0.4, 0.5) is 5.69 Å². The highest BCUT2D eigenvalue weighted by molar-refractivity contribution is 7.12. The van der Waals surface area contributed by atoms with Crippen LogP contribution in [0.2, 0.25) is 0 Å². The minimum atomic E-state index is -0.496. The molecule has 6 nitrogen and oxygen atoms in total. The van der Waals surface area contributed by atoms with Crippen molar-refractivity contribution in [2.45, 2.75) is 26.7 Å². The first-order chi connectivity index (χ1) is 9.49. The Morgan fingerprint density at radius 1 is 1.30 bits per heavy atom.